The molecule has 2 rings (SSSR count). The van der Waals surface area contributed by atoms with E-state index in [2.05, 4.69) is 10.3 Å². The number of carbonyl (C=O) groups excluding carboxylic acids is 1. The van der Waals surface area contributed by atoms with E-state index >= 15 is 0 Å². The van der Waals surface area contributed by atoms with Gasteiger partial charge in [0, 0.05) is 19.2 Å². The highest BCUT2D eigenvalue weighted by atomic mass is 32.1. The van der Waals surface area contributed by atoms with Crippen molar-refractivity contribution in [3.05, 3.63) is 23.2 Å². The van der Waals surface area contributed by atoms with Crippen molar-refractivity contribution in [2.75, 3.05) is 12.3 Å². The fourth-order valence-corrected chi connectivity index (χ4v) is 2.85. The van der Waals surface area contributed by atoms with Gasteiger partial charge in [0.15, 0.2) is 0 Å². The Morgan fingerprint density at radius 2 is 2.14 bits per heavy atom. The number of nitrogen functional groups attached to an aromatic ring is 1. The first kappa shape index (κ1) is 15.6. The summed E-state index contributed by atoms with van der Waals surface area (Å²) in [7, 11) is 0. The lowest BCUT2D eigenvalue weighted by atomic mass is 10.2. The fourth-order valence-electron chi connectivity index (χ4n) is 1.85. The summed E-state index contributed by atoms with van der Waals surface area (Å²) in [4.78, 5) is 16.4. The maximum absolute atomic E-state index is 12.0. The summed E-state index contributed by atoms with van der Waals surface area (Å²) in [5, 5.41) is 2.58. The monoisotopic (exact) mass is 317 g/mol. The normalized spacial score (nSPS) is 11.8. The maximum atomic E-state index is 12.0. The molecule has 8 heteroatoms. The number of amides is 1. The largest absolute Gasteiger partial charge is 0.396 e. The first-order valence-corrected chi connectivity index (χ1v) is 7.18. The molecule has 0 saturated carbocycles. The summed E-state index contributed by atoms with van der Waals surface area (Å²) in [6, 6.07) is 3.56. The van der Waals surface area contributed by atoms with Crippen molar-refractivity contribution in [2.45, 2.75) is 25.4 Å². The van der Waals surface area contributed by atoms with E-state index in [9.17, 15) is 18.0 Å². The van der Waals surface area contributed by atoms with Crippen molar-refractivity contribution < 1.29 is 18.0 Å². The number of hydrogen-bond donors (Lipinski definition) is 2. The Morgan fingerprint density at radius 1 is 1.38 bits per heavy atom. The third-order valence-electron chi connectivity index (χ3n) is 2.86. The molecule has 0 saturated heterocycles. The number of nitrogens with one attached hydrogen (secondary N) is 1. The second-order valence-electron chi connectivity index (χ2n) is 4.52. The van der Waals surface area contributed by atoms with Gasteiger partial charge in [-0.15, -0.1) is 11.3 Å². The summed E-state index contributed by atoms with van der Waals surface area (Å²) in [5.41, 5.74) is 6.75. The highest BCUT2D eigenvalue weighted by Gasteiger charge is 2.25. The molecule has 0 spiro atoms. The zero-order valence-corrected chi connectivity index (χ0v) is 11.9. The topological polar surface area (TPSA) is 68.0 Å². The number of halogens is 3. The smallest absolute Gasteiger partial charge is 0.389 e. The lowest BCUT2D eigenvalue weighted by molar-refractivity contribution is -0.135. The number of unbranched alkanes of at least 4 members (excludes halogenated alkanes) is 1. The molecule has 0 aromatic carbocycles. The molecule has 0 atom stereocenters. The Labute approximate surface area is 123 Å². The Morgan fingerprint density at radius 3 is 2.81 bits per heavy atom. The van der Waals surface area contributed by atoms with Gasteiger partial charge in [0.1, 0.15) is 10.4 Å². The van der Waals surface area contributed by atoms with Crippen molar-refractivity contribution in [3.63, 3.8) is 0 Å². The number of hydrogen-bond acceptors (Lipinski definition) is 4. The van der Waals surface area contributed by atoms with Crippen LogP contribution in [0.2, 0.25) is 0 Å². The molecule has 4 nitrogen and oxygen atoms in total. The zero-order valence-electron chi connectivity index (χ0n) is 11.0. The van der Waals surface area contributed by atoms with E-state index in [-0.39, 0.29) is 25.3 Å². The predicted molar refractivity (Wildman–Crippen MR) is 76.3 cm³/mol. The fraction of sp³-hybridized carbons (Fsp3) is 0.385. The molecule has 0 aliphatic heterocycles. The molecule has 1 amide bonds. The third-order valence-corrected chi connectivity index (χ3v) is 4.02. The number of thiophene rings is 1. The van der Waals surface area contributed by atoms with Gasteiger partial charge in [-0.3, -0.25) is 9.78 Å². The molecule has 2 heterocycles. The number of alkyl halides is 3. The second-order valence-corrected chi connectivity index (χ2v) is 5.58. The average Bonchev–Trinajstić information content (AvgIpc) is 2.75. The van der Waals surface area contributed by atoms with E-state index < -0.39 is 12.6 Å². The first-order valence-electron chi connectivity index (χ1n) is 6.36. The lowest BCUT2D eigenvalue weighted by Gasteiger charge is -2.06. The van der Waals surface area contributed by atoms with E-state index in [0.717, 1.165) is 4.70 Å². The van der Waals surface area contributed by atoms with Crippen LogP contribution in [-0.2, 0) is 0 Å². The van der Waals surface area contributed by atoms with Crippen molar-refractivity contribution in [1.82, 2.24) is 10.3 Å². The average molecular weight is 317 g/mol. The van der Waals surface area contributed by atoms with Crippen LogP contribution in [0.5, 0.6) is 0 Å². The van der Waals surface area contributed by atoms with Crippen LogP contribution in [0.15, 0.2) is 18.3 Å². The Balaban J connectivity index is 1.89. The predicted octanol–water partition coefficient (Wildman–Crippen LogP) is 3.34. The standard InChI is InChI=1S/C13H14F3N3OS/c14-13(15,16)5-1-2-6-19-12(20)11-9(17)10-8(21-11)4-3-7-18-10/h3-4,7H,1-2,5-6,17H2,(H,19,20). The van der Waals surface area contributed by atoms with Gasteiger partial charge in [0.2, 0.25) is 0 Å². The van der Waals surface area contributed by atoms with Gasteiger partial charge >= 0.3 is 6.18 Å². The van der Waals surface area contributed by atoms with Gasteiger partial charge in [-0.25, -0.2) is 0 Å². The van der Waals surface area contributed by atoms with Gasteiger partial charge in [-0.1, -0.05) is 0 Å². The summed E-state index contributed by atoms with van der Waals surface area (Å²) in [5.74, 6) is -0.373. The highest BCUT2D eigenvalue weighted by Crippen LogP contribution is 2.31. The Bertz CT molecular complexity index is 639. The number of nitrogens with zero attached hydrogens (tertiary/aromatic N) is 1. The van der Waals surface area contributed by atoms with Crippen LogP contribution in [0.3, 0.4) is 0 Å². The maximum Gasteiger partial charge on any atom is 0.389 e. The van der Waals surface area contributed by atoms with Crippen LogP contribution >= 0.6 is 11.3 Å². The Hall–Kier alpha value is -1.83. The number of aromatic nitrogens is 1. The van der Waals surface area contributed by atoms with Gasteiger partial charge in [0.25, 0.3) is 5.91 Å². The van der Waals surface area contributed by atoms with Gasteiger partial charge in [-0.2, -0.15) is 13.2 Å². The first-order chi connectivity index (χ1) is 9.88. The Kier molecular flexibility index (Phi) is 4.66. The molecule has 0 fully saturated rings. The number of anilines is 1. The molecular formula is C13H14F3N3OS. The summed E-state index contributed by atoms with van der Waals surface area (Å²) >= 11 is 1.22. The van der Waals surface area contributed by atoms with Crippen LogP contribution in [0, 0.1) is 0 Å². The third kappa shape index (κ3) is 4.07. The van der Waals surface area contributed by atoms with Crippen LogP contribution in [0.4, 0.5) is 18.9 Å². The number of fused-ring (bicyclic) bond motifs is 1. The quantitative estimate of drug-likeness (QED) is 0.831. The summed E-state index contributed by atoms with van der Waals surface area (Å²) < 4.78 is 36.7. The molecule has 3 N–H and O–H groups in total. The molecule has 21 heavy (non-hydrogen) atoms. The second kappa shape index (κ2) is 6.30. The van der Waals surface area contributed by atoms with Gasteiger partial charge in [-0.05, 0) is 25.0 Å². The zero-order chi connectivity index (χ0) is 15.5. The summed E-state index contributed by atoms with van der Waals surface area (Å²) in [6.07, 6.45) is -3.13. The summed E-state index contributed by atoms with van der Waals surface area (Å²) in [6.45, 7) is 0.191. The number of nitrogens with two attached hydrogens (primary N) is 1. The molecule has 114 valence electrons. The van der Waals surface area contributed by atoms with Crippen LogP contribution in [0.25, 0.3) is 10.2 Å². The lowest BCUT2D eigenvalue weighted by Crippen LogP contribution is -2.24. The van der Waals surface area contributed by atoms with Crippen LogP contribution in [-0.4, -0.2) is 23.6 Å². The highest BCUT2D eigenvalue weighted by molar-refractivity contribution is 7.21. The molecule has 2 aromatic heterocycles. The molecule has 2 aromatic rings. The minimum absolute atomic E-state index is 0.00671. The van der Waals surface area contributed by atoms with E-state index in [1.165, 1.54) is 11.3 Å². The van der Waals surface area contributed by atoms with Crippen LogP contribution in [0.1, 0.15) is 28.9 Å². The van der Waals surface area contributed by atoms with E-state index in [1.54, 1.807) is 12.3 Å². The van der Waals surface area contributed by atoms with Crippen molar-refractivity contribution in [1.29, 1.82) is 0 Å². The minimum Gasteiger partial charge on any atom is -0.396 e. The minimum atomic E-state index is -4.15. The van der Waals surface area contributed by atoms with Crippen molar-refractivity contribution >= 4 is 33.1 Å². The SMILES string of the molecule is Nc1c(C(=O)NCCCCC(F)(F)F)sc2cccnc12. The van der Waals surface area contributed by atoms with Crippen molar-refractivity contribution in [3.8, 4) is 0 Å². The van der Waals surface area contributed by atoms with Gasteiger partial charge < -0.3 is 11.1 Å². The number of carbonyl (C=O) groups is 1. The molecule has 0 aliphatic carbocycles. The molecule has 0 radical (unpaired) electrons. The molecular weight excluding hydrogens is 303 g/mol. The van der Waals surface area contributed by atoms with E-state index in [4.69, 9.17) is 5.73 Å². The van der Waals surface area contributed by atoms with Gasteiger partial charge in [0.05, 0.1) is 10.4 Å². The van der Waals surface area contributed by atoms with E-state index in [1.807, 2.05) is 6.07 Å². The number of pyridine rings is 1. The number of rotatable bonds is 5. The molecule has 0 aliphatic rings. The van der Waals surface area contributed by atoms with E-state index in [0.29, 0.717) is 16.1 Å². The van der Waals surface area contributed by atoms with Crippen LogP contribution < -0.4 is 11.1 Å². The molecule has 0 unspecified atom stereocenters. The molecule has 0 bridgehead atoms. The van der Waals surface area contributed by atoms with Crippen molar-refractivity contribution in [2.24, 2.45) is 0 Å².